The maximum atomic E-state index is 11.3. The van der Waals surface area contributed by atoms with Crippen LogP contribution in [0.25, 0.3) is 0 Å². The van der Waals surface area contributed by atoms with Crippen molar-refractivity contribution in [2.45, 2.75) is 25.9 Å². The maximum Gasteiger partial charge on any atom is 0.333 e. The normalized spacial score (nSPS) is 11.0. The molecule has 8 heteroatoms. The van der Waals surface area contributed by atoms with Crippen molar-refractivity contribution in [3.05, 3.63) is 24.8 Å². The molecule has 0 amide bonds. The average molecular weight is 314 g/mol. The Kier molecular flexibility index (Phi) is 8.92. The van der Waals surface area contributed by atoms with Crippen molar-refractivity contribution in [2.24, 2.45) is 0 Å². The van der Waals surface area contributed by atoms with E-state index in [1.807, 2.05) is 0 Å². The first-order chi connectivity index (χ1) is 10.3. The van der Waals surface area contributed by atoms with E-state index in [1.54, 1.807) is 0 Å². The van der Waals surface area contributed by atoms with Gasteiger partial charge in [-0.1, -0.05) is 13.2 Å². The zero-order chi connectivity index (χ0) is 17.1. The summed E-state index contributed by atoms with van der Waals surface area (Å²) in [6.45, 7) is 7.33. The lowest BCUT2D eigenvalue weighted by molar-refractivity contribution is -0.162. The molecular formula is C14H18O8. The van der Waals surface area contributed by atoms with Gasteiger partial charge in [-0.05, 0) is 6.92 Å². The van der Waals surface area contributed by atoms with Crippen molar-refractivity contribution in [2.75, 3.05) is 13.2 Å². The minimum Gasteiger partial charge on any atom is -0.481 e. The Morgan fingerprint density at radius 2 is 1.73 bits per heavy atom. The fourth-order valence-corrected chi connectivity index (χ4v) is 1.09. The Labute approximate surface area is 127 Å². The van der Waals surface area contributed by atoms with Gasteiger partial charge < -0.3 is 19.3 Å². The molecule has 0 aliphatic carbocycles. The molecule has 1 unspecified atom stereocenters. The highest BCUT2D eigenvalue weighted by Gasteiger charge is 2.18. The van der Waals surface area contributed by atoms with Crippen LogP contribution in [0.1, 0.15) is 19.8 Å². The van der Waals surface area contributed by atoms with E-state index < -0.39 is 30.0 Å². The van der Waals surface area contributed by atoms with E-state index in [1.165, 1.54) is 6.92 Å². The third-order valence-corrected chi connectivity index (χ3v) is 2.17. The van der Waals surface area contributed by atoms with Crippen molar-refractivity contribution < 1.29 is 38.5 Å². The molecule has 1 atom stereocenters. The Hall–Kier alpha value is -2.64. The Balaban J connectivity index is 4.40. The van der Waals surface area contributed by atoms with Crippen LogP contribution in [0.2, 0.25) is 0 Å². The van der Waals surface area contributed by atoms with Gasteiger partial charge >= 0.3 is 23.9 Å². The monoisotopic (exact) mass is 314 g/mol. The summed E-state index contributed by atoms with van der Waals surface area (Å²) < 4.78 is 14.4. The smallest absolute Gasteiger partial charge is 0.333 e. The van der Waals surface area contributed by atoms with Crippen molar-refractivity contribution >= 4 is 23.9 Å². The van der Waals surface area contributed by atoms with Crippen LogP contribution in [0, 0.1) is 0 Å². The third-order valence-electron chi connectivity index (χ3n) is 2.17. The van der Waals surface area contributed by atoms with Crippen LogP contribution in [0.4, 0.5) is 0 Å². The molecule has 0 aliphatic rings. The van der Waals surface area contributed by atoms with E-state index >= 15 is 0 Å². The highest BCUT2D eigenvalue weighted by Crippen LogP contribution is 2.02. The van der Waals surface area contributed by atoms with Crippen LogP contribution in [0.15, 0.2) is 24.8 Å². The molecule has 0 aromatic heterocycles. The van der Waals surface area contributed by atoms with Crippen molar-refractivity contribution in [1.29, 1.82) is 0 Å². The molecule has 0 heterocycles. The summed E-state index contributed by atoms with van der Waals surface area (Å²) in [5.74, 6) is -3.37. The number of rotatable bonds is 10. The summed E-state index contributed by atoms with van der Waals surface area (Å²) >= 11 is 0. The van der Waals surface area contributed by atoms with Crippen molar-refractivity contribution in [1.82, 2.24) is 0 Å². The maximum absolute atomic E-state index is 11.3. The molecule has 0 radical (unpaired) electrons. The van der Waals surface area contributed by atoms with Gasteiger partial charge in [0.1, 0.15) is 13.2 Å². The number of ether oxygens (including phenoxy) is 3. The van der Waals surface area contributed by atoms with Crippen LogP contribution >= 0.6 is 0 Å². The minimum absolute atomic E-state index is 0.159. The van der Waals surface area contributed by atoms with Gasteiger partial charge in [-0.3, -0.25) is 9.59 Å². The molecular weight excluding hydrogens is 296 g/mol. The number of hydrogen-bond donors (Lipinski definition) is 1. The lowest BCUT2D eigenvalue weighted by Crippen LogP contribution is -2.30. The van der Waals surface area contributed by atoms with E-state index in [-0.39, 0.29) is 31.6 Å². The third kappa shape index (κ3) is 9.29. The van der Waals surface area contributed by atoms with Crippen LogP contribution in [-0.2, 0) is 33.4 Å². The average Bonchev–Trinajstić information content (AvgIpc) is 2.46. The molecule has 0 aromatic carbocycles. The van der Waals surface area contributed by atoms with Crippen molar-refractivity contribution in [3.8, 4) is 0 Å². The first-order valence-electron chi connectivity index (χ1n) is 6.29. The van der Waals surface area contributed by atoms with Crippen LogP contribution in [-0.4, -0.2) is 48.3 Å². The summed E-state index contributed by atoms with van der Waals surface area (Å²) in [5, 5.41) is 8.43. The predicted octanol–water partition coefficient (Wildman–Crippen LogP) is 0.611. The molecule has 0 spiro atoms. The molecule has 0 bridgehead atoms. The SMILES string of the molecule is C=CC(=O)OC(COC(=O)CCC(=O)O)COC(=O)C(=C)C. The van der Waals surface area contributed by atoms with Crippen LogP contribution in [0.5, 0.6) is 0 Å². The van der Waals surface area contributed by atoms with Gasteiger partial charge in [0.15, 0.2) is 6.10 Å². The van der Waals surface area contributed by atoms with Gasteiger partial charge in [0.2, 0.25) is 0 Å². The van der Waals surface area contributed by atoms with Gasteiger partial charge in [0, 0.05) is 11.6 Å². The molecule has 122 valence electrons. The molecule has 0 aliphatic heterocycles. The van der Waals surface area contributed by atoms with Crippen LogP contribution < -0.4 is 0 Å². The molecule has 0 fully saturated rings. The molecule has 0 aromatic rings. The van der Waals surface area contributed by atoms with Gasteiger partial charge in [-0.25, -0.2) is 9.59 Å². The lowest BCUT2D eigenvalue weighted by atomic mass is 10.3. The number of carboxylic acids is 1. The van der Waals surface area contributed by atoms with E-state index in [9.17, 15) is 19.2 Å². The summed E-state index contributed by atoms with van der Waals surface area (Å²) in [7, 11) is 0. The quantitative estimate of drug-likeness (QED) is 0.354. The second-order valence-electron chi connectivity index (χ2n) is 4.22. The molecule has 22 heavy (non-hydrogen) atoms. The zero-order valence-corrected chi connectivity index (χ0v) is 12.2. The standard InChI is InChI=1S/C14H18O8/c1-4-12(17)22-10(8-21-14(19)9(2)3)7-20-13(18)6-5-11(15)16/h4,10H,1-2,5-8H2,3H3,(H,15,16). The first kappa shape index (κ1) is 19.4. The number of esters is 3. The number of carbonyl (C=O) groups is 4. The highest BCUT2D eigenvalue weighted by atomic mass is 16.6. The van der Waals surface area contributed by atoms with E-state index in [2.05, 4.69) is 13.2 Å². The van der Waals surface area contributed by atoms with Gasteiger partial charge in [-0.2, -0.15) is 0 Å². The van der Waals surface area contributed by atoms with Crippen molar-refractivity contribution in [3.63, 3.8) is 0 Å². The van der Waals surface area contributed by atoms with E-state index in [0.717, 1.165) is 6.08 Å². The fourth-order valence-electron chi connectivity index (χ4n) is 1.09. The summed E-state index contributed by atoms with van der Waals surface area (Å²) in [6.07, 6.45) is -0.814. The Morgan fingerprint density at radius 1 is 1.14 bits per heavy atom. The second-order valence-corrected chi connectivity index (χ2v) is 4.22. The Bertz CT molecular complexity index is 465. The second kappa shape index (κ2) is 10.1. The lowest BCUT2D eigenvalue weighted by Gasteiger charge is -2.17. The molecule has 8 nitrogen and oxygen atoms in total. The fraction of sp³-hybridized carbons (Fsp3) is 0.429. The van der Waals surface area contributed by atoms with Gasteiger partial charge in [-0.15, -0.1) is 0 Å². The molecule has 0 saturated carbocycles. The van der Waals surface area contributed by atoms with Gasteiger partial charge in [0.25, 0.3) is 0 Å². The predicted molar refractivity (Wildman–Crippen MR) is 73.7 cm³/mol. The largest absolute Gasteiger partial charge is 0.481 e. The summed E-state index contributed by atoms with van der Waals surface area (Å²) in [4.78, 5) is 44.0. The van der Waals surface area contributed by atoms with Gasteiger partial charge in [0.05, 0.1) is 12.8 Å². The highest BCUT2D eigenvalue weighted by molar-refractivity contribution is 5.87. The number of carbonyl (C=O) groups excluding carboxylic acids is 3. The first-order valence-corrected chi connectivity index (χ1v) is 6.29. The minimum atomic E-state index is -1.14. The molecule has 0 saturated heterocycles. The van der Waals surface area contributed by atoms with E-state index in [4.69, 9.17) is 19.3 Å². The topological polar surface area (TPSA) is 116 Å². The Morgan fingerprint density at radius 3 is 2.23 bits per heavy atom. The number of hydrogen-bond acceptors (Lipinski definition) is 7. The van der Waals surface area contributed by atoms with E-state index in [0.29, 0.717) is 0 Å². The summed E-state index contributed by atoms with van der Waals surface area (Å²) in [5.41, 5.74) is 0.159. The molecule has 0 rings (SSSR count). The molecule has 1 N–H and O–H groups in total. The zero-order valence-electron chi connectivity index (χ0n) is 12.2. The number of carboxylic acid groups (broad SMARTS) is 1. The summed E-state index contributed by atoms with van der Waals surface area (Å²) in [6, 6.07) is 0. The van der Waals surface area contributed by atoms with Crippen LogP contribution in [0.3, 0.4) is 0 Å². The number of aliphatic carboxylic acids is 1.